The van der Waals surface area contributed by atoms with Crippen molar-refractivity contribution in [2.75, 3.05) is 5.32 Å². The molecule has 0 spiro atoms. The Balaban J connectivity index is 2.25. The van der Waals surface area contributed by atoms with Crippen molar-refractivity contribution < 1.29 is 0 Å². The van der Waals surface area contributed by atoms with Crippen LogP contribution in [0.4, 0.5) is 5.69 Å². The van der Waals surface area contributed by atoms with E-state index in [4.69, 9.17) is 16.9 Å². The van der Waals surface area contributed by atoms with Crippen molar-refractivity contribution in [3.8, 4) is 6.07 Å². The van der Waals surface area contributed by atoms with Crippen molar-refractivity contribution in [2.45, 2.75) is 32.2 Å². The number of hydrogen-bond acceptors (Lipinski definition) is 2. The van der Waals surface area contributed by atoms with Crippen molar-refractivity contribution >= 4 is 17.3 Å². The number of nitriles is 1. The fourth-order valence-electron chi connectivity index (χ4n) is 2.31. The van der Waals surface area contributed by atoms with Crippen molar-refractivity contribution in [3.05, 3.63) is 64.7 Å². The maximum absolute atomic E-state index is 9.02. The number of unbranched alkanes of at least 4 members (excludes halogenated alkanes) is 1. The zero-order valence-corrected chi connectivity index (χ0v) is 12.9. The molecule has 0 saturated carbocycles. The SMILES string of the molecule is CCCCC(Nc1cc(C#N)ccc1Cl)c1ccccc1. The maximum atomic E-state index is 9.02. The first-order valence-electron chi connectivity index (χ1n) is 7.25. The fraction of sp³-hybridized carbons (Fsp3) is 0.278. The highest BCUT2D eigenvalue weighted by atomic mass is 35.5. The zero-order chi connectivity index (χ0) is 15.1. The highest BCUT2D eigenvalue weighted by Gasteiger charge is 2.12. The molecule has 2 aromatic carbocycles. The molecular formula is C18H19ClN2. The molecule has 1 N–H and O–H groups in total. The first-order chi connectivity index (χ1) is 10.2. The molecule has 3 heteroatoms. The monoisotopic (exact) mass is 298 g/mol. The van der Waals surface area contributed by atoms with E-state index in [1.807, 2.05) is 24.3 Å². The molecule has 1 atom stereocenters. The summed E-state index contributed by atoms with van der Waals surface area (Å²) in [5.74, 6) is 0. The van der Waals surface area contributed by atoms with Gasteiger partial charge in [-0.3, -0.25) is 0 Å². The summed E-state index contributed by atoms with van der Waals surface area (Å²) in [6, 6.07) is 18.0. The second kappa shape index (κ2) is 7.71. The molecule has 0 fully saturated rings. The van der Waals surface area contributed by atoms with E-state index >= 15 is 0 Å². The van der Waals surface area contributed by atoms with Gasteiger partial charge in [0, 0.05) is 0 Å². The number of halogens is 1. The molecule has 108 valence electrons. The van der Waals surface area contributed by atoms with Crippen LogP contribution in [-0.4, -0.2) is 0 Å². The van der Waals surface area contributed by atoms with Gasteiger partial charge in [-0.2, -0.15) is 5.26 Å². The van der Waals surface area contributed by atoms with Gasteiger partial charge in [0.1, 0.15) is 0 Å². The summed E-state index contributed by atoms with van der Waals surface area (Å²) in [4.78, 5) is 0. The van der Waals surface area contributed by atoms with Crippen molar-refractivity contribution in [1.82, 2.24) is 0 Å². The van der Waals surface area contributed by atoms with Gasteiger partial charge < -0.3 is 5.32 Å². The Labute approximate surface area is 131 Å². The van der Waals surface area contributed by atoms with E-state index < -0.39 is 0 Å². The Bertz CT molecular complexity index is 617. The molecule has 0 amide bonds. The summed E-state index contributed by atoms with van der Waals surface area (Å²) < 4.78 is 0. The summed E-state index contributed by atoms with van der Waals surface area (Å²) >= 11 is 6.25. The van der Waals surface area contributed by atoms with E-state index in [0.29, 0.717) is 10.6 Å². The standard InChI is InChI=1S/C18H19ClN2/c1-2-3-9-17(15-7-5-4-6-8-15)21-18-12-14(13-20)10-11-16(18)19/h4-8,10-12,17,21H,2-3,9H2,1H3. The molecule has 2 nitrogen and oxygen atoms in total. The lowest BCUT2D eigenvalue weighted by Gasteiger charge is -2.21. The predicted molar refractivity (Wildman–Crippen MR) is 88.5 cm³/mol. The maximum Gasteiger partial charge on any atom is 0.0992 e. The molecule has 0 heterocycles. The minimum absolute atomic E-state index is 0.206. The molecule has 0 aliphatic heterocycles. The van der Waals surface area contributed by atoms with Gasteiger partial charge >= 0.3 is 0 Å². The minimum atomic E-state index is 0.206. The van der Waals surface area contributed by atoms with Crippen LogP contribution in [-0.2, 0) is 0 Å². The fourth-order valence-corrected chi connectivity index (χ4v) is 2.48. The third-order valence-corrected chi connectivity index (χ3v) is 3.80. The summed E-state index contributed by atoms with van der Waals surface area (Å²) in [5, 5.41) is 13.2. The van der Waals surface area contributed by atoms with Crippen LogP contribution in [0.2, 0.25) is 5.02 Å². The lowest BCUT2D eigenvalue weighted by molar-refractivity contribution is 0.634. The van der Waals surface area contributed by atoms with Gasteiger partial charge in [0.15, 0.2) is 0 Å². The van der Waals surface area contributed by atoms with Gasteiger partial charge in [-0.25, -0.2) is 0 Å². The quantitative estimate of drug-likeness (QED) is 0.758. The molecule has 21 heavy (non-hydrogen) atoms. The van der Waals surface area contributed by atoms with E-state index in [1.165, 1.54) is 5.56 Å². The molecule has 0 bridgehead atoms. The number of rotatable bonds is 6. The minimum Gasteiger partial charge on any atom is -0.377 e. The Morgan fingerprint density at radius 1 is 1.19 bits per heavy atom. The van der Waals surface area contributed by atoms with Crippen molar-refractivity contribution in [1.29, 1.82) is 5.26 Å². The van der Waals surface area contributed by atoms with Gasteiger partial charge in [-0.1, -0.05) is 61.7 Å². The van der Waals surface area contributed by atoms with E-state index in [-0.39, 0.29) is 6.04 Å². The van der Waals surface area contributed by atoms with Gasteiger partial charge in [0.05, 0.1) is 28.4 Å². The lowest BCUT2D eigenvalue weighted by Crippen LogP contribution is -2.11. The number of hydrogen-bond donors (Lipinski definition) is 1. The van der Waals surface area contributed by atoms with Gasteiger partial charge in [0.25, 0.3) is 0 Å². The number of benzene rings is 2. The average molecular weight is 299 g/mol. The number of anilines is 1. The van der Waals surface area contributed by atoms with Crippen molar-refractivity contribution in [2.24, 2.45) is 0 Å². The molecule has 0 aliphatic carbocycles. The van der Waals surface area contributed by atoms with Crippen LogP contribution < -0.4 is 5.32 Å². The largest absolute Gasteiger partial charge is 0.377 e. The highest BCUT2D eigenvalue weighted by Crippen LogP contribution is 2.29. The zero-order valence-electron chi connectivity index (χ0n) is 12.1. The Morgan fingerprint density at radius 2 is 1.95 bits per heavy atom. The number of nitrogens with zero attached hydrogens (tertiary/aromatic N) is 1. The van der Waals surface area contributed by atoms with Gasteiger partial charge in [-0.15, -0.1) is 0 Å². The summed E-state index contributed by atoms with van der Waals surface area (Å²) in [5.41, 5.74) is 2.68. The van der Waals surface area contributed by atoms with E-state index in [9.17, 15) is 0 Å². The molecular weight excluding hydrogens is 280 g/mol. The Morgan fingerprint density at radius 3 is 2.62 bits per heavy atom. The summed E-state index contributed by atoms with van der Waals surface area (Å²) in [7, 11) is 0. The van der Waals surface area contributed by atoms with Crippen LogP contribution >= 0.6 is 11.6 Å². The predicted octanol–water partition coefficient (Wildman–Crippen LogP) is 5.56. The van der Waals surface area contributed by atoms with Crippen LogP contribution in [0.25, 0.3) is 0 Å². The highest BCUT2D eigenvalue weighted by molar-refractivity contribution is 6.33. The van der Waals surface area contributed by atoms with E-state index in [0.717, 1.165) is 24.9 Å². The van der Waals surface area contributed by atoms with Crippen LogP contribution in [0.1, 0.15) is 43.4 Å². The third kappa shape index (κ3) is 4.24. The Kier molecular flexibility index (Phi) is 5.66. The van der Waals surface area contributed by atoms with Gasteiger partial charge in [0.2, 0.25) is 0 Å². The first kappa shape index (κ1) is 15.4. The van der Waals surface area contributed by atoms with Crippen LogP contribution in [0.5, 0.6) is 0 Å². The Hall–Kier alpha value is -1.98. The van der Waals surface area contributed by atoms with Gasteiger partial charge in [-0.05, 0) is 30.2 Å². The molecule has 0 radical (unpaired) electrons. The molecule has 0 aromatic heterocycles. The summed E-state index contributed by atoms with van der Waals surface area (Å²) in [6.07, 6.45) is 3.33. The summed E-state index contributed by atoms with van der Waals surface area (Å²) in [6.45, 7) is 2.19. The van der Waals surface area contributed by atoms with Crippen LogP contribution in [0, 0.1) is 11.3 Å². The normalized spacial score (nSPS) is 11.7. The lowest BCUT2D eigenvalue weighted by atomic mass is 10.0. The second-order valence-electron chi connectivity index (χ2n) is 5.06. The number of nitrogens with one attached hydrogen (secondary N) is 1. The average Bonchev–Trinajstić information content (AvgIpc) is 2.54. The molecule has 0 saturated heterocycles. The van der Waals surface area contributed by atoms with Crippen LogP contribution in [0.15, 0.2) is 48.5 Å². The smallest absolute Gasteiger partial charge is 0.0992 e. The molecule has 2 aromatic rings. The van der Waals surface area contributed by atoms with E-state index in [1.54, 1.807) is 12.1 Å². The second-order valence-corrected chi connectivity index (χ2v) is 5.46. The topological polar surface area (TPSA) is 35.8 Å². The van der Waals surface area contributed by atoms with Crippen LogP contribution in [0.3, 0.4) is 0 Å². The molecule has 0 aliphatic rings. The van der Waals surface area contributed by atoms with Crippen molar-refractivity contribution in [3.63, 3.8) is 0 Å². The molecule has 1 unspecified atom stereocenters. The molecule has 2 rings (SSSR count). The van der Waals surface area contributed by atoms with E-state index in [2.05, 4.69) is 30.4 Å². The first-order valence-corrected chi connectivity index (χ1v) is 7.63. The third-order valence-electron chi connectivity index (χ3n) is 3.47.